The first-order valence-electron chi connectivity index (χ1n) is 30.6. The zero-order chi connectivity index (χ0) is 61.4. The number of methoxy groups -OCH3 is 1. The maximum Gasteiger partial charge on any atom is 0.319 e. The van der Waals surface area contributed by atoms with Crippen LogP contribution in [0.25, 0.3) is 65.9 Å². The van der Waals surface area contributed by atoms with Crippen molar-refractivity contribution in [3.63, 3.8) is 0 Å². The number of fused-ring (bicyclic) bond motifs is 6. The fourth-order valence-electron chi connectivity index (χ4n) is 14.4. The van der Waals surface area contributed by atoms with E-state index in [0.717, 1.165) is 58.0 Å². The summed E-state index contributed by atoms with van der Waals surface area (Å²) in [4.78, 5) is 36.0. The van der Waals surface area contributed by atoms with Crippen molar-refractivity contribution in [2.45, 2.75) is 96.3 Å². The minimum absolute atomic E-state index is 0.00232. The molecule has 0 radical (unpaired) electrons. The van der Waals surface area contributed by atoms with Crippen molar-refractivity contribution in [3.8, 4) is 58.4 Å². The van der Waals surface area contributed by atoms with Crippen molar-refractivity contribution in [2.75, 3.05) is 103 Å². The Kier molecular flexibility index (Phi) is 17.7. The Morgan fingerprint density at radius 1 is 0.716 bits per heavy atom. The first kappa shape index (κ1) is 60.5. The van der Waals surface area contributed by atoms with Gasteiger partial charge in [-0.3, -0.25) is 14.9 Å². The standard InChI is InChI=1S/C34H39F2N5O3.C26H22F2N4O3.C7H12FN/c1-3-23-26(35)9-8-21-17-22(42)18-24(28(21)23)30-29(36)31-25(19-37-30)32(41-13-6-15-43-16-14-41)39-33(38-31)44-20-34-10-4-7-27(34)40(2)12-5-11-34;1-4-17-20(27)6-5-15-9-16(33)10-18(21(15)17)23-22(28)24-19(11-29-23)25(31-26(30-24)34-3)32-7-8-35-13-14(2)12-32;8-6-4-7-2-1-3-9(7)5-6/h8-9,17-19,27,42H,3-7,10-16,20H2,1-2H3;1,5-6,9-11,14,33H,7-8,12-13H2,2-3H3;6-7H,1-5H2. The molecule has 1 aliphatic carbocycles. The molecule has 1 saturated carbocycles. The number of nitrogens with zero attached hydrogens (tertiary/aromatic N) is 10. The monoisotopic (exact) mass is 1210 g/mol. The number of phenolic OH excluding ortho intramolecular Hbond substituents is 2. The van der Waals surface area contributed by atoms with Gasteiger partial charge in [-0.15, -0.1) is 6.42 Å². The van der Waals surface area contributed by atoms with Gasteiger partial charge in [-0.05, 0) is 142 Å². The molecule has 5 saturated heterocycles. The molecule has 6 aliphatic rings. The summed E-state index contributed by atoms with van der Waals surface area (Å²) in [5, 5.41) is 23.6. The number of phenols is 2. The molecule has 16 nitrogen and oxygen atoms in total. The molecular weight excluding hydrogens is 1140 g/mol. The third kappa shape index (κ3) is 11.9. The Morgan fingerprint density at radius 3 is 2.07 bits per heavy atom. The van der Waals surface area contributed by atoms with Gasteiger partial charge in [0.15, 0.2) is 11.6 Å². The smallest absolute Gasteiger partial charge is 0.319 e. The van der Waals surface area contributed by atoms with Crippen molar-refractivity contribution in [1.82, 2.24) is 39.7 Å². The molecule has 2 N–H and O–H groups in total. The molecule has 88 heavy (non-hydrogen) atoms. The topological polar surface area (TPSA) is 168 Å². The molecule has 0 spiro atoms. The fourth-order valence-corrected chi connectivity index (χ4v) is 14.4. The minimum atomic E-state index is -0.761. The molecule has 9 heterocycles. The molecule has 462 valence electrons. The second kappa shape index (κ2) is 25.7. The molecule has 5 atom stereocenters. The predicted octanol–water partition coefficient (Wildman–Crippen LogP) is 11.7. The molecule has 5 aliphatic heterocycles. The van der Waals surface area contributed by atoms with Crippen LogP contribution in [0.2, 0.25) is 0 Å². The summed E-state index contributed by atoms with van der Waals surface area (Å²) in [6.45, 7) is 12.2. The van der Waals surface area contributed by atoms with Crippen LogP contribution < -0.4 is 19.3 Å². The number of likely N-dealkylation sites (tertiary alicyclic amines) is 1. The third-order valence-corrected chi connectivity index (χ3v) is 18.5. The molecular formula is C67H73F5N10O6. The van der Waals surface area contributed by atoms with E-state index in [0.29, 0.717) is 134 Å². The zero-order valence-electron chi connectivity index (χ0n) is 50.1. The molecule has 4 aromatic carbocycles. The van der Waals surface area contributed by atoms with Crippen molar-refractivity contribution in [1.29, 1.82) is 0 Å². The number of aryl methyl sites for hydroxylation is 1. The molecule has 14 rings (SSSR count). The van der Waals surface area contributed by atoms with Crippen LogP contribution >= 0.6 is 0 Å². The molecule has 8 aromatic rings. The summed E-state index contributed by atoms with van der Waals surface area (Å²) in [7, 11) is 3.60. The number of aromatic nitrogens is 6. The van der Waals surface area contributed by atoms with Gasteiger partial charge in [0.1, 0.15) is 63.4 Å². The maximum atomic E-state index is 16.8. The lowest BCUT2D eigenvalue weighted by atomic mass is 9.76. The van der Waals surface area contributed by atoms with Crippen molar-refractivity contribution < 1.29 is 51.1 Å². The Labute approximate surface area is 508 Å². The summed E-state index contributed by atoms with van der Waals surface area (Å²) in [6.07, 6.45) is 18.3. The summed E-state index contributed by atoms with van der Waals surface area (Å²) >= 11 is 0. The average Bonchev–Trinajstić information content (AvgIpc) is 1.25. The van der Waals surface area contributed by atoms with E-state index in [1.807, 2.05) is 11.8 Å². The SMILES string of the molecule is C#Cc1c(F)ccc2cc(O)cc(-c3ncc4c(N5CCOCC(C)C5)nc(OC)nc4c3F)c12.CCc1c(F)ccc2cc(O)cc(-c3ncc4c(N5CCCOCC5)nc(OCC56CCCC5N(C)CCC6)nc4c3F)c12.FC1CC2CCCN2C1. The molecule has 5 unspecified atom stereocenters. The first-order chi connectivity index (χ1) is 42.6. The quantitative estimate of drug-likeness (QED) is 0.103. The maximum absolute atomic E-state index is 16.8. The van der Waals surface area contributed by atoms with Crippen LogP contribution in [0.5, 0.6) is 23.5 Å². The van der Waals surface area contributed by atoms with E-state index in [9.17, 15) is 23.4 Å². The normalized spacial score (nSPS) is 22.4. The van der Waals surface area contributed by atoms with Crippen molar-refractivity contribution >= 4 is 55.0 Å². The van der Waals surface area contributed by atoms with Gasteiger partial charge in [-0.2, -0.15) is 19.9 Å². The van der Waals surface area contributed by atoms with Gasteiger partial charge in [-0.25, -0.2) is 22.0 Å². The summed E-state index contributed by atoms with van der Waals surface area (Å²) < 4.78 is 98.0. The Morgan fingerprint density at radius 2 is 1.36 bits per heavy atom. The number of terminal acetylenes is 1. The number of halogens is 5. The van der Waals surface area contributed by atoms with E-state index < -0.39 is 23.6 Å². The van der Waals surface area contributed by atoms with Crippen LogP contribution in [0.1, 0.15) is 82.8 Å². The molecule has 0 amide bonds. The minimum Gasteiger partial charge on any atom is -0.508 e. The largest absolute Gasteiger partial charge is 0.508 e. The van der Waals surface area contributed by atoms with Gasteiger partial charge in [0.05, 0.1) is 49.9 Å². The molecule has 4 aromatic heterocycles. The highest BCUT2D eigenvalue weighted by atomic mass is 19.1. The van der Waals surface area contributed by atoms with Crippen molar-refractivity contribution in [2.24, 2.45) is 11.3 Å². The highest BCUT2D eigenvalue weighted by Crippen LogP contribution is 2.48. The lowest BCUT2D eigenvalue weighted by Crippen LogP contribution is -2.50. The lowest BCUT2D eigenvalue weighted by Gasteiger charge is -2.44. The van der Waals surface area contributed by atoms with Gasteiger partial charge in [0.2, 0.25) is 0 Å². The number of rotatable bonds is 9. The highest BCUT2D eigenvalue weighted by molar-refractivity contribution is 6.04. The van der Waals surface area contributed by atoms with Crippen LogP contribution in [-0.2, 0) is 15.9 Å². The number of aromatic hydroxyl groups is 2. The van der Waals surface area contributed by atoms with Gasteiger partial charge in [0.25, 0.3) is 0 Å². The number of anilines is 2. The summed E-state index contributed by atoms with van der Waals surface area (Å²) in [5.41, 5.74) is 0.860. The second-order valence-electron chi connectivity index (χ2n) is 24.2. The van der Waals surface area contributed by atoms with E-state index in [1.165, 1.54) is 62.5 Å². The van der Waals surface area contributed by atoms with E-state index in [4.69, 9.17) is 30.4 Å². The van der Waals surface area contributed by atoms with Gasteiger partial charge in [-0.1, -0.05) is 38.3 Å². The number of ether oxygens (including phenoxy) is 4. The number of hydrogen-bond donors (Lipinski definition) is 2. The number of benzene rings is 4. The number of hydrogen-bond acceptors (Lipinski definition) is 16. The average molecular weight is 1210 g/mol. The Balaban J connectivity index is 0.000000152. The fraction of sp³-hybridized carbons (Fsp3) is 0.463. The number of pyridine rings is 2. The van der Waals surface area contributed by atoms with Crippen LogP contribution in [0.4, 0.5) is 33.6 Å². The highest BCUT2D eigenvalue weighted by Gasteiger charge is 2.47. The zero-order valence-corrected chi connectivity index (χ0v) is 50.1. The van der Waals surface area contributed by atoms with Crippen molar-refractivity contribution in [3.05, 3.63) is 95.3 Å². The van der Waals surface area contributed by atoms with Gasteiger partial charge >= 0.3 is 12.0 Å². The first-order valence-corrected chi connectivity index (χ1v) is 30.6. The number of alkyl halides is 1. The van der Waals surface area contributed by atoms with Gasteiger partial charge < -0.3 is 43.9 Å². The number of piperidine rings is 1. The molecule has 21 heteroatoms. The van der Waals surface area contributed by atoms with E-state index in [1.54, 1.807) is 18.3 Å². The molecule has 6 fully saturated rings. The Hall–Kier alpha value is -7.77. The molecule has 0 bridgehead atoms. The van der Waals surface area contributed by atoms with Crippen LogP contribution in [0.3, 0.4) is 0 Å². The van der Waals surface area contributed by atoms with E-state index in [-0.39, 0.29) is 79.6 Å². The van der Waals surface area contributed by atoms with E-state index in [2.05, 4.69) is 59.5 Å². The van der Waals surface area contributed by atoms with Crippen LogP contribution in [0.15, 0.2) is 60.9 Å². The second-order valence-corrected chi connectivity index (χ2v) is 24.2. The third-order valence-electron chi connectivity index (χ3n) is 18.5. The van der Waals surface area contributed by atoms with Gasteiger partial charge in [0, 0.05) is 85.7 Å². The Bertz CT molecular complexity index is 3950. The van der Waals surface area contributed by atoms with Crippen LogP contribution in [0, 0.1) is 46.9 Å². The summed E-state index contributed by atoms with van der Waals surface area (Å²) in [5.74, 6) is 1.00. The summed E-state index contributed by atoms with van der Waals surface area (Å²) in [6, 6.07) is 12.6. The lowest BCUT2D eigenvalue weighted by molar-refractivity contribution is 0.0133. The van der Waals surface area contributed by atoms with Crippen LogP contribution in [-0.4, -0.2) is 161 Å². The van der Waals surface area contributed by atoms with E-state index >= 15 is 8.78 Å². The predicted molar refractivity (Wildman–Crippen MR) is 329 cm³/mol.